The first-order chi connectivity index (χ1) is 14.7. The summed E-state index contributed by atoms with van der Waals surface area (Å²) in [5.74, 6) is 5.78. The number of nitrogens with zero attached hydrogens (tertiary/aromatic N) is 1. The summed E-state index contributed by atoms with van der Waals surface area (Å²) in [4.78, 5) is 37.1. The van der Waals surface area contributed by atoms with Crippen molar-refractivity contribution in [3.8, 4) is 0 Å². The molecule has 5 heteroatoms. The van der Waals surface area contributed by atoms with Gasteiger partial charge in [-0.15, -0.1) is 0 Å². The van der Waals surface area contributed by atoms with E-state index in [1.54, 1.807) is 0 Å². The fraction of sp³-hybridized carbons (Fsp3) is 0.885. The number of hydrogen-bond acceptors (Lipinski definition) is 4. The maximum absolute atomic E-state index is 12.3. The molecule has 8 atom stereocenters. The molecule has 0 unspecified atom stereocenters. The third-order valence-corrected chi connectivity index (χ3v) is 9.27. The summed E-state index contributed by atoms with van der Waals surface area (Å²) >= 11 is 0. The van der Waals surface area contributed by atoms with Crippen molar-refractivity contribution < 1.29 is 19.1 Å². The van der Waals surface area contributed by atoms with Crippen LogP contribution in [0.1, 0.15) is 91.4 Å². The van der Waals surface area contributed by atoms with Crippen LogP contribution in [-0.4, -0.2) is 34.3 Å². The molecule has 2 amide bonds. The molecule has 172 valence electrons. The molecule has 0 aromatic heterocycles. The zero-order chi connectivity index (χ0) is 21.9. The topological polar surface area (TPSA) is 63.7 Å². The molecule has 1 saturated heterocycles. The van der Waals surface area contributed by atoms with Crippen LogP contribution in [0.5, 0.6) is 0 Å². The highest BCUT2D eigenvalue weighted by Crippen LogP contribution is 2.56. The van der Waals surface area contributed by atoms with E-state index in [0.29, 0.717) is 24.0 Å². The van der Waals surface area contributed by atoms with Crippen LogP contribution in [0.25, 0.3) is 0 Å². The first kappa shape index (κ1) is 21.5. The highest BCUT2D eigenvalue weighted by atomic mass is 16.6. The Labute approximate surface area is 186 Å². The van der Waals surface area contributed by atoms with E-state index < -0.39 is 11.7 Å². The van der Waals surface area contributed by atoms with Crippen molar-refractivity contribution in [2.24, 2.45) is 41.4 Å². The molecule has 5 saturated carbocycles. The third-order valence-electron chi connectivity index (χ3n) is 9.27. The highest BCUT2D eigenvalue weighted by molar-refractivity contribution is 5.94. The lowest BCUT2D eigenvalue weighted by Gasteiger charge is -2.30. The molecule has 1 aliphatic heterocycles. The summed E-state index contributed by atoms with van der Waals surface area (Å²) < 4.78 is 5.41. The van der Waals surface area contributed by atoms with E-state index >= 15 is 0 Å². The lowest BCUT2D eigenvalue weighted by Crippen LogP contribution is -2.45. The Morgan fingerprint density at radius 2 is 1.45 bits per heavy atom. The number of rotatable bonds is 0. The Kier molecular flexibility index (Phi) is 5.45. The molecule has 0 radical (unpaired) electrons. The van der Waals surface area contributed by atoms with Gasteiger partial charge in [0.05, 0.1) is 0 Å². The molecule has 0 aromatic rings. The van der Waals surface area contributed by atoms with Crippen molar-refractivity contribution in [2.75, 3.05) is 0 Å². The quantitative estimate of drug-likeness (QED) is 0.520. The Bertz CT molecular complexity index is 755. The number of imide groups is 1. The van der Waals surface area contributed by atoms with E-state index in [2.05, 4.69) is 0 Å². The number of ether oxygens (including phenoxy) is 1. The van der Waals surface area contributed by atoms with Gasteiger partial charge in [0.2, 0.25) is 5.91 Å². The molecule has 0 spiro atoms. The SMILES string of the molecule is CC(C)(C)OC(=O)N1C(=O)C[C@H]2C[C@@H]3CCC[C@@H]3[C@H]21.O=C1C[C@H]2C[C@@H]3CCC[C@@H]3[C@H]2C1. The molecule has 5 aliphatic carbocycles. The summed E-state index contributed by atoms with van der Waals surface area (Å²) in [6.45, 7) is 5.53. The van der Waals surface area contributed by atoms with Crippen molar-refractivity contribution in [1.82, 2.24) is 4.90 Å². The molecule has 6 rings (SSSR count). The van der Waals surface area contributed by atoms with Crippen LogP contribution >= 0.6 is 0 Å². The van der Waals surface area contributed by atoms with Gasteiger partial charge in [0.15, 0.2) is 0 Å². The van der Waals surface area contributed by atoms with Gasteiger partial charge in [-0.2, -0.15) is 0 Å². The van der Waals surface area contributed by atoms with E-state index in [0.717, 1.165) is 48.9 Å². The van der Waals surface area contributed by atoms with Crippen molar-refractivity contribution in [2.45, 2.75) is 103 Å². The molecule has 0 bridgehead atoms. The molecular formula is C26H39NO4. The Hall–Kier alpha value is -1.39. The highest BCUT2D eigenvalue weighted by Gasteiger charge is 2.56. The van der Waals surface area contributed by atoms with E-state index in [9.17, 15) is 14.4 Å². The van der Waals surface area contributed by atoms with Crippen LogP contribution in [-0.2, 0) is 14.3 Å². The molecule has 6 fully saturated rings. The molecule has 1 heterocycles. The fourth-order valence-electron chi connectivity index (χ4n) is 8.34. The lowest BCUT2D eigenvalue weighted by molar-refractivity contribution is -0.129. The van der Waals surface area contributed by atoms with Crippen molar-refractivity contribution >= 4 is 17.8 Å². The Morgan fingerprint density at radius 3 is 2.16 bits per heavy atom. The first-order valence-corrected chi connectivity index (χ1v) is 12.8. The average Bonchev–Trinajstić information content (AvgIpc) is 3.42. The first-order valence-electron chi connectivity index (χ1n) is 12.8. The third kappa shape index (κ3) is 3.95. The lowest BCUT2D eigenvalue weighted by atomic mass is 9.90. The van der Waals surface area contributed by atoms with Crippen LogP contribution < -0.4 is 0 Å². The molecule has 6 aliphatic rings. The van der Waals surface area contributed by atoms with Gasteiger partial charge in [-0.3, -0.25) is 9.59 Å². The predicted octanol–water partition coefficient (Wildman–Crippen LogP) is 5.36. The van der Waals surface area contributed by atoms with Crippen LogP contribution in [0.15, 0.2) is 0 Å². The van der Waals surface area contributed by atoms with Crippen LogP contribution in [0.2, 0.25) is 0 Å². The molecular weight excluding hydrogens is 390 g/mol. The van der Waals surface area contributed by atoms with Gasteiger partial charge in [0, 0.05) is 25.3 Å². The number of carbonyl (C=O) groups is 3. The maximum Gasteiger partial charge on any atom is 0.417 e. The Morgan fingerprint density at radius 1 is 0.806 bits per heavy atom. The van der Waals surface area contributed by atoms with Gasteiger partial charge in [-0.25, -0.2) is 9.69 Å². The standard InChI is InChI=1S/C15H23NO3.C11H16O/c1-15(2,3)19-14(18)16-12(17)8-10-7-9-5-4-6-11(9)13(10)16;12-9-5-8-4-7-2-1-3-10(7)11(8)6-9/h9-11,13H,4-8H2,1-3H3;7-8,10-11H,1-6H2/t9-,10+,11-,13-;7-,8+,10-,11-/m00/s1. The monoisotopic (exact) mass is 429 g/mol. The number of ketones is 1. The summed E-state index contributed by atoms with van der Waals surface area (Å²) in [6.07, 6.45) is 12.5. The molecule has 31 heavy (non-hydrogen) atoms. The number of Topliss-reactive ketones (excluding diaryl/α,β-unsaturated/α-hetero) is 1. The van der Waals surface area contributed by atoms with E-state index in [1.165, 1.54) is 49.8 Å². The summed E-state index contributed by atoms with van der Waals surface area (Å²) in [5.41, 5.74) is -0.539. The second kappa shape index (κ2) is 7.88. The van der Waals surface area contributed by atoms with Crippen molar-refractivity contribution in [1.29, 1.82) is 0 Å². The second-order valence-electron chi connectivity index (χ2n) is 12.3. The Balaban J connectivity index is 0.000000145. The molecule has 0 aromatic carbocycles. The van der Waals surface area contributed by atoms with Gasteiger partial charge in [-0.1, -0.05) is 25.7 Å². The van der Waals surface area contributed by atoms with Gasteiger partial charge < -0.3 is 4.74 Å². The normalized spacial score (nSPS) is 42.7. The smallest absolute Gasteiger partial charge is 0.417 e. The van der Waals surface area contributed by atoms with Crippen LogP contribution in [0, 0.1) is 41.4 Å². The zero-order valence-electron chi connectivity index (χ0n) is 19.5. The fourth-order valence-corrected chi connectivity index (χ4v) is 8.34. The van der Waals surface area contributed by atoms with Crippen LogP contribution in [0.4, 0.5) is 4.79 Å². The minimum Gasteiger partial charge on any atom is -0.443 e. The number of carbonyl (C=O) groups excluding carboxylic acids is 3. The van der Waals surface area contributed by atoms with Gasteiger partial charge in [-0.05, 0) is 87.9 Å². The van der Waals surface area contributed by atoms with Crippen LogP contribution in [0.3, 0.4) is 0 Å². The van der Waals surface area contributed by atoms with Gasteiger partial charge >= 0.3 is 6.09 Å². The molecule has 5 nitrogen and oxygen atoms in total. The van der Waals surface area contributed by atoms with Crippen molar-refractivity contribution in [3.63, 3.8) is 0 Å². The summed E-state index contributed by atoms with van der Waals surface area (Å²) in [7, 11) is 0. The minimum atomic E-state index is -0.539. The van der Waals surface area contributed by atoms with Crippen molar-refractivity contribution in [3.05, 3.63) is 0 Å². The number of fused-ring (bicyclic) bond motifs is 6. The maximum atomic E-state index is 12.3. The summed E-state index contributed by atoms with van der Waals surface area (Å²) in [6, 6.07) is 0.120. The number of hydrogen-bond donors (Lipinski definition) is 0. The number of amides is 2. The zero-order valence-corrected chi connectivity index (χ0v) is 19.5. The molecule has 0 N–H and O–H groups in total. The summed E-state index contributed by atoms with van der Waals surface area (Å²) in [5, 5.41) is 0. The minimum absolute atomic E-state index is 0.0328. The van der Waals surface area contributed by atoms with E-state index in [-0.39, 0.29) is 11.9 Å². The largest absolute Gasteiger partial charge is 0.443 e. The second-order valence-corrected chi connectivity index (χ2v) is 12.3. The van der Waals surface area contributed by atoms with E-state index in [4.69, 9.17) is 4.74 Å². The predicted molar refractivity (Wildman–Crippen MR) is 117 cm³/mol. The van der Waals surface area contributed by atoms with Gasteiger partial charge in [0.25, 0.3) is 0 Å². The van der Waals surface area contributed by atoms with Gasteiger partial charge in [0.1, 0.15) is 11.4 Å². The van der Waals surface area contributed by atoms with E-state index in [1.807, 2.05) is 20.8 Å². The average molecular weight is 430 g/mol. The number of likely N-dealkylation sites (tertiary alicyclic amines) is 1.